The molecule has 0 fully saturated rings. The van der Waals surface area contributed by atoms with E-state index in [2.05, 4.69) is 0 Å². The van der Waals surface area contributed by atoms with Gasteiger partial charge in [-0.3, -0.25) is 0 Å². The summed E-state index contributed by atoms with van der Waals surface area (Å²) in [5.41, 5.74) is 0. The average molecular weight is 353 g/mol. The molecule has 0 bridgehead atoms. The van der Waals surface area contributed by atoms with Crippen LogP contribution in [0.25, 0.3) is 0 Å². The first-order valence-electron chi connectivity index (χ1n) is 5.37. The van der Waals surface area contributed by atoms with Crippen molar-refractivity contribution >= 4 is 17.6 Å². The van der Waals surface area contributed by atoms with Gasteiger partial charge in [0.1, 0.15) is 0 Å². The number of benzene rings is 2. The number of hydrogen-bond donors (Lipinski definition) is 2. The van der Waals surface area contributed by atoms with Crippen LogP contribution in [0.3, 0.4) is 0 Å². The molecule has 0 aromatic heterocycles. The molecule has 2 aromatic carbocycles. The van der Waals surface area contributed by atoms with Crippen molar-refractivity contribution in [1.29, 1.82) is 0 Å². The molecule has 21 heavy (non-hydrogen) atoms. The van der Waals surface area contributed by atoms with E-state index in [-0.39, 0.29) is 17.6 Å². The normalized spacial score (nSPS) is 7.43. The number of aliphatic hydroxyl groups is 2. The molecule has 0 spiro atoms. The molecule has 2 N–H and O–H groups in total. The van der Waals surface area contributed by atoms with Crippen LogP contribution in [-0.2, 0) is 0 Å². The van der Waals surface area contributed by atoms with Crippen LogP contribution in [0.5, 0.6) is 23.0 Å². The Balaban J connectivity index is -0.000000240. The van der Waals surface area contributed by atoms with Crippen LogP contribution < -0.4 is 20.4 Å². The number of para-hydroxylation sites is 4. The molecule has 0 saturated carbocycles. The van der Waals surface area contributed by atoms with Crippen LogP contribution in [0, 0.1) is 0 Å². The second-order valence-corrected chi connectivity index (χ2v) is 2.89. The van der Waals surface area contributed by atoms with Crippen LogP contribution in [0.1, 0.15) is 0 Å². The van der Waals surface area contributed by atoms with Crippen molar-refractivity contribution in [2.45, 2.75) is 0 Å². The van der Waals surface area contributed by atoms with Gasteiger partial charge in [0, 0.05) is 31.8 Å². The number of rotatable bonds is 0. The quantitative estimate of drug-likeness (QED) is 0.554. The standard InChI is InChI=1S/2C6H6O2.2CH4O.Ge/c2*7-5-3-1-2-4-6(5)8;2*1-2;/h2*1-4,7-8H;2*2H,1H3;/p-4. The Hall–Kier alpha value is -1.90. The molecular weight excluding hydrogens is 337 g/mol. The minimum absolute atomic E-state index is 0. The molecular formula is C14H16GeO6-4. The van der Waals surface area contributed by atoms with Gasteiger partial charge in [0.15, 0.2) is 0 Å². The summed E-state index contributed by atoms with van der Waals surface area (Å²) in [5.74, 6) is -1.75. The first-order chi connectivity index (χ1) is 9.61. The zero-order valence-electron chi connectivity index (χ0n) is 11.6. The van der Waals surface area contributed by atoms with Gasteiger partial charge in [0.05, 0.1) is 0 Å². The van der Waals surface area contributed by atoms with Crippen molar-refractivity contribution in [3.63, 3.8) is 0 Å². The summed E-state index contributed by atoms with van der Waals surface area (Å²) >= 11 is 0. The van der Waals surface area contributed by atoms with Crippen molar-refractivity contribution in [2.75, 3.05) is 14.2 Å². The van der Waals surface area contributed by atoms with E-state index in [0.717, 1.165) is 14.2 Å². The Kier molecular flexibility index (Phi) is 18.6. The molecule has 0 atom stereocenters. The molecule has 4 radical (unpaired) electrons. The van der Waals surface area contributed by atoms with Gasteiger partial charge in [-0.05, 0) is 0 Å². The largest absolute Gasteiger partial charge is 0.873 e. The predicted octanol–water partition coefficient (Wildman–Crippen LogP) is -1.50. The van der Waals surface area contributed by atoms with Crippen molar-refractivity contribution in [3.8, 4) is 23.0 Å². The fraction of sp³-hybridized carbons (Fsp3) is 0.143. The van der Waals surface area contributed by atoms with Crippen LogP contribution >= 0.6 is 0 Å². The van der Waals surface area contributed by atoms with E-state index in [1.807, 2.05) is 0 Å². The maximum Gasteiger partial charge on any atom is 0.0319 e. The molecule has 0 saturated heterocycles. The SMILES string of the molecule is CO.CO.[Ge].[O-]c1ccccc1[O-].[O-]c1ccccc1[O-]. The van der Waals surface area contributed by atoms with Crippen LogP contribution in [0.4, 0.5) is 0 Å². The molecule has 0 aliphatic rings. The maximum atomic E-state index is 10.3. The third-order valence-corrected chi connectivity index (χ3v) is 1.70. The molecule has 0 heterocycles. The van der Waals surface area contributed by atoms with E-state index in [9.17, 15) is 20.4 Å². The van der Waals surface area contributed by atoms with Crippen molar-refractivity contribution in [2.24, 2.45) is 0 Å². The van der Waals surface area contributed by atoms with Crippen LogP contribution in [-0.4, -0.2) is 42.0 Å². The monoisotopic (exact) mass is 354 g/mol. The van der Waals surface area contributed by atoms with Gasteiger partial charge < -0.3 is 30.6 Å². The first-order valence-corrected chi connectivity index (χ1v) is 5.37. The Labute approximate surface area is 134 Å². The molecule has 0 aliphatic carbocycles. The maximum absolute atomic E-state index is 10.3. The molecule has 7 heteroatoms. The van der Waals surface area contributed by atoms with E-state index in [1.54, 1.807) is 24.3 Å². The van der Waals surface area contributed by atoms with E-state index >= 15 is 0 Å². The third-order valence-electron chi connectivity index (χ3n) is 1.70. The summed E-state index contributed by atoms with van der Waals surface area (Å²) < 4.78 is 0. The minimum Gasteiger partial charge on any atom is -0.873 e. The minimum atomic E-state index is -0.437. The zero-order chi connectivity index (χ0) is 16.0. The zero-order valence-corrected chi connectivity index (χ0v) is 13.7. The number of aliphatic hydroxyl groups excluding tert-OH is 2. The van der Waals surface area contributed by atoms with Crippen LogP contribution in [0.15, 0.2) is 48.5 Å². The summed E-state index contributed by atoms with van der Waals surface area (Å²) in [5, 5.41) is 55.2. The van der Waals surface area contributed by atoms with Gasteiger partial charge in [-0.25, -0.2) is 0 Å². The van der Waals surface area contributed by atoms with Gasteiger partial charge in [-0.2, -0.15) is 0 Å². The Bertz CT molecular complexity index is 379. The van der Waals surface area contributed by atoms with Crippen molar-refractivity contribution in [3.05, 3.63) is 48.5 Å². The first kappa shape index (κ1) is 24.1. The topological polar surface area (TPSA) is 133 Å². The second-order valence-electron chi connectivity index (χ2n) is 2.89. The Morgan fingerprint density at radius 3 is 0.762 bits per heavy atom. The van der Waals surface area contributed by atoms with Crippen LogP contribution in [0.2, 0.25) is 0 Å². The molecule has 0 aliphatic heterocycles. The third kappa shape index (κ3) is 11.6. The van der Waals surface area contributed by atoms with Gasteiger partial charge in [-0.15, -0.1) is 23.0 Å². The summed E-state index contributed by atoms with van der Waals surface area (Å²) in [6.07, 6.45) is 0. The molecule has 116 valence electrons. The smallest absolute Gasteiger partial charge is 0.0319 e. The summed E-state index contributed by atoms with van der Waals surface area (Å²) in [7, 11) is 2.00. The van der Waals surface area contributed by atoms with Gasteiger partial charge in [0.2, 0.25) is 0 Å². The number of hydrogen-bond acceptors (Lipinski definition) is 6. The summed E-state index contributed by atoms with van der Waals surface area (Å²) in [4.78, 5) is 0. The predicted molar refractivity (Wildman–Crippen MR) is 72.7 cm³/mol. The van der Waals surface area contributed by atoms with Gasteiger partial charge in [-0.1, -0.05) is 48.5 Å². The fourth-order valence-electron chi connectivity index (χ4n) is 0.900. The van der Waals surface area contributed by atoms with E-state index in [4.69, 9.17) is 10.2 Å². The van der Waals surface area contributed by atoms with Gasteiger partial charge >= 0.3 is 0 Å². The van der Waals surface area contributed by atoms with Crippen molar-refractivity contribution < 1.29 is 30.6 Å². The molecule has 2 aromatic rings. The molecule has 6 nitrogen and oxygen atoms in total. The fourth-order valence-corrected chi connectivity index (χ4v) is 0.900. The van der Waals surface area contributed by atoms with E-state index < -0.39 is 23.0 Å². The van der Waals surface area contributed by atoms with Crippen molar-refractivity contribution in [1.82, 2.24) is 0 Å². The second kappa shape index (κ2) is 16.2. The molecule has 0 amide bonds. The van der Waals surface area contributed by atoms with Gasteiger partial charge in [0.25, 0.3) is 0 Å². The molecule has 2 rings (SSSR count). The van der Waals surface area contributed by atoms with E-state index in [0.29, 0.717) is 0 Å². The Morgan fingerprint density at radius 1 is 0.524 bits per heavy atom. The summed E-state index contributed by atoms with van der Waals surface area (Å²) in [6, 6.07) is 11.2. The van der Waals surface area contributed by atoms with E-state index in [1.165, 1.54) is 24.3 Å². The Morgan fingerprint density at radius 2 is 0.667 bits per heavy atom. The molecule has 0 unspecified atom stereocenters. The average Bonchev–Trinajstić information content (AvgIpc) is 2.50. The summed E-state index contributed by atoms with van der Waals surface area (Å²) in [6.45, 7) is 0.